The number of thioether (sulfide) groups is 1. The predicted molar refractivity (Wildman–Crippen MR) is 150 cm³/mol. The van der Waals surface area contributed by atoms with Gasteiger partial charge in [0.2, 0.25) is 0 Å². The molecule has 37 heavy (non-hydrogen) atoms. The average Bonchev–Trinajstić information content (AvgIpc) is 3.22. The normalized spacial score (nSPS) is 15.9. The fraction of sp³-hybridized carbons (Fsp3) is 0.222. The Hall–Kier alpha value is -3.50. The number of hydrogen-bond donors (Lipinski definition) is 2. The summed E-state index contributed by atoms with van der Waals surface area (Å²) in [6.45, 7) is 4.52. The fourth-order valence-electron chi connectivity index (χ4n) is 3.69. The molecule has 1 aliphatic heterocycles. The number of rotatable bonds is 10. The van der Waals surface area contributed by atoms with Gasteiger partial charge in [-0.1, -0.05) is 43.0 Å². The summed E-state index contributed by atoms with van der Waals surface area (Å²) in [6, 6.07) is 18.1. The first-order valence-corrected chi connectivity index (χ1v) is 13.4. The molecule has 1 aliphatic rings. The van der Waals surface area contributed by atoms with Crippen LogP contribution in [0.25, 0.3) is 6.08 Å². The second-order valence-corrected chi connectivity index (χ2v) is 10.2. The molecule has 0 spiro atoms. The minimum atomic E-state index is -0.438. The van der Waals surface area contributed by atoms with Crippen molar-refractivity contribution in [2.24, 2.45) is 0 Å². The maximum Gasteiger partial charge on any atom is 0.269 e. The quantitative estimate of drug-likeness (QED) is 0.159. The van der Waals surface area contributed by atoms with Crippen LogP contribution in [0.2, 0.25) is 0 Å². The van der Waals surface area contributed by atoms with Crippen LogP contribution >= 0.6 is 27.7 Å². The van der Waals surface area contributed by atoms with Crippen molar-refractivity contribution in [2.75, 3.05) is 11.9 Å². The number of amides is 1. The Morgan fingerprint density at radius 2 is 1.89 bits per heavy atom. The molecule has 10 heteroatoms. The van der Waals surface area contributed by atoms with Gasteiger partial charge in [0, 0.05) is 17.8 Å². The van der Waals surface area contributed by atoms with Crippen LogP contribution in [0, 0.1) is 10.1 Å². The van der Waals surface area contributed by atoms with Crippen LogP contribution < -0.4 is 20.1 Å². The maximum absolute atomic E-state index is 12.6. The third-order valence-corrected chi connectivity index (χ3v) is 7.14. The number of halogens is 1. The number of aryl methyl sites for hydroxylation is 1. The van der Waals surface area contributed by atoms with Gasteiger partial charge in [-0.3, -0.25) is 14.9 Å². The molecule has 4 rings (SSSR count). The third-order valence-electron chi connectivity index (χ3n) is 5.52. The highest BCUT2D eigenvalue weighted by molar-refractivity contribution is 9.10. The molecule has 0 aliphatic carbocycles. The van der Waals surface area contributed by atoms with E-state index in [0.29, 0.717) is 33.0 Å². The van der Waals surface area contributed by atoms with Crippen molar-refractivity contribution in [3.63, 3.8) is 0 Å². The molecule has 8 nitrogen and oxygen atoms in total. The van der Waals surface area contributed by atoms with E-state index in [1.54, 1.807) is 18.2 Å². The fourth-order valence-corrected chi connectivity index (χ4v) is 5.25. The monoisotopic (exact) mass is 583 g/mol. The van der Waals surface area contributed by atoms with E-state index in [0.717, 1.165) is 17.7 Å². The van der Waals surface area contributed by atoms with Crippen LogP contribution in [0.4, 0.5) is 11.4 Å². The van der Waals surface area contributed by atoms with E-state index in [1.807, 2.05) is 31.2 Å². The number of hydrogen-bond acceptors (Lipinski definition) is 7. The van der Waals surface area contributed by atoms with Crippen LogP contribution in [0.15, 0.2) is 70.0 Å². The second kappa shape index (κ2) is 12.2. The summed E-state index contributed by atoms with van der Waals surface area (Å²) < 4.78 is 12.4. The summed E-state index contributed by atoms with van der Waals surface area (Å²) in [7, 11) is 0. The van der Waals surface area contributed by atoms with E-state index in [9.17, 15) is 14.9 Å². The number of non-ortho nitro benzene ring substituents is 1. The maximum atomic E-state index is 12.6. The molecule has 1 atom stereocenters. The number of nitro benzene ring substituents is 1. The molecule has 2 N–H and O–H groups in total. The summed E-state index contributed by atoms with van der Waals surface area (Å²) in [5, 5.41) is 17.3. The topological polar surface area (TPSA) is 103 Å². The van der Waals surface area contributed by atoms with Crippen LogP contribution in [0.1, 0.15) is 30.5 Å². The van der Waals surface area contributed by atoms with Gasteiger partial charge in [-0.25, -0.2) is 0 Å². The van der Waals surface area contributed by atoms with Gasteiger partial charge >= 0.3 is 0 Å². The van der Waals surface area contributed by atoms with Crippen LogP contribution in [0.5, 0.6) is 11.5 Å². The van der Waals surface area contributed by atoms with E-state index >= 15 is 0 Å². The van der Waals surface area contributed by atoms with E-state index in [4.69, 9.17) is 9.47 Å². The number of carbonyl (C=O) groups excluding carboxylic acids is 1. The zero-order valence-corrected chi connectivity index (χ0v) is 22.7. The first kappa shape index (κ1) is 26.6. The van der Waals surface area contributed by atoms with Gasteiger partial charge in [0.15, 0.2) is 17.0 Å². The SMILES string of the molecule is CCOc1cc(/C=C2\S[C@@H](Nc3ccc(CC)cc3)NC2=O)cc(Br)c1OCc1cccc([N+](=O)[O-])c1. The van der Waals surface area contributed by atoms with Gasteiger partial charge in [0.25, 0.3) is 11.6 Å². The van der Waals surface area contributed by atoms with Crippen molar-refractivity contribution in [1.82, 2.24) is 5.32 Å². The molecule has 192 valence electrons. The van der Waals surface area contributed by atoms with Crippen molar-refractivity contribution >= 4 is 51.0 Å². The Bertz CT molecular complexity index is 1330. The third kappa shape index (κ3) is 6.84. The van der Waals surface area contributed by atoms with E-state index in [2.05, 4.69) is 45.6 Å². The molecule has 0 aromatic heterocycles. The smallest absolute Gasteiger partial charge is 0.269 e. The zero-order valence-electron chi connectivity index (χ0n) is 20.3. The summed E-state index contributed by atoms with van der Waals surface area (Å²) in [4.78, 5) is 23.8. The zero-order chi connectivity index (χ0) is 26.4. The highest BCUT2D eigenvalue weighted by Gasteiger charge is 2.27. The van der Waals surface area contributed by atoms with Gasteiger partial charge in [-0.2, -0.15) is 0 Å². The largest absolute Gasteiger partial charge is 0.490 e. The predicted octanol–water partition coefficient (Wildman–Crippen LogP) is 6.50. The van der Waals surface area contributed by atoms with Crippen molar-refractivity contribution in [3.8, 4) is 11.5 Å². The van der Waals surface area contributed by atoms with Crippen molar-refractivity contribution < 1.29 is 19.2 Å². The van der Waals surface area contributed by atoms with Gasteiger partial charge < -0.3 is 20.1 Å². The lowest BCUT2D eigenvalue weighted by atomic mass is 10.1. The first-order valence-electron chi connectivity index (χ1n) is 11.7. The van der Waals surface area contributed by atoms with Gasteiger partial charge in [0.1, 0.15) is 6.61 Å². The first-order chi connectivity index (χ1) is 17.9. The van der Waals surface area contributed by atoms with Crippen LogP contribution in [-0.2, 0) is 17.8 Å². The number of anilines is 1. The summed E-state index contributed by atoms with van der Waals surface area (Å²) in [5.41, 5.74) is 3.34. The van der Waals surface area contributed by atoms with Crippen molar-refractivity contribution in [1.29, 1.82) is 0 Å². The minimum absolute atomic E-state index is 0.00489. The van der Waals surface area contributed by atoms with Gasteiger partial charge in [-0.15, -0.1) is 0 Å². The molecule has 1 amide bonds. The summed E-state index contributed by atoms with van der Waals surface area (Å²) >= 11 is 4.96. The Balaban J connectivity index is 1.49. The Kier molecular flexibility index (Phi) is 8.73. The number of ether oxygens (including phenoxy) is 2. The van der Waals surface area contributed by atoms with Gasteiger partial charge in [-0.05, 0) is 76.3 Å². The molecule has 3 aromatic rings. The molecule has 0 saturated carbocycles. The lowest BCUT2D eigenvalue weighted by molar-refractivity contribution is -0.384. The van der Waals surface area contributed by atoms with Crippen LogP contribution in [-0.4, -0.2) is 22.9 Å². The van der Waals surface area contributed by atoms with Gasteiger partial charge in [0.05, 0.1) is 20.9 Å². The second-order valence-electron chi connectivity index (χ2n) is 8.15. The average molecular weight is 584 g/mol. The lowest BCUT2D eigenvalue weighted by Gasteiger charge is -2.15. The molecule has 1 heterocycles. The molecule has 1 saturated heterocycles. The molecule has 3 aromatic carbocycles. The van der Waals surface area contributed by atoms with E-state index in [1.165, 1.54) is 29.5 Å². The summed E-state index contributed by atoms with van der Waals surface area (Å²) in [5.74, 6) is 0.824. The van der Waals surface area contributed by atoms with Crippen LogP contribution in [0.3, 0.4) is 0 Å². The number of nitro groups is 1. The molecule has 0 bridgehead atoms. The highest BCUT2D eigenvalue weighted by atomic mass is 79.9. The molecule has 1 fully saturated rings. The standard InChI is InChI=1S/C27H26BrN3O5S/c1-3-17-8-10-20(11-9-17)29-27-30-26(32)24(37-27)15-19-13-22(28)25(23(14-19)35-4-2)36-16-18-6-5-7-21(12-18)31(33)34/h5-15,27,29H,3-4,16H2,1-2H3,(H,30,32)/b24-15-/t27-/m0/s1. The molecular formula is C27H26BrN3O5S. The molecule has 0 radical (unpaired) electrons. The lowest BCUT2D eigenvalue weighted by Crippen LogP contribution is -2.30. The van der Waals surface area contributed by atoms with Crippen molar-refractivity contribution in [3.05, 3.63) is 96.8 Å². The van der Waals surface area contributed by atoms with Crippen molar-refractivity contribution in [2.45, 2.75) is 32.4 Å². The number of nitrogens with zero attached hydrogens (tertiary/aromatic N) is 1. The molecule has 0 unspecified atom stereocenters. The minimum Gasteiger partial charge on any atom is -0.490 e. The highest BCUT2D eigenvalue weighted by Crippen LogP contribution is 2.39. The Labute approximate surface area is 227 Å². The Morgan fingerprint density at radius 3 is 2.59 bits per heavy atom. The number of benzene rings is 3. The van der Waals surface area contributed by atoms with E-state index in [-0.39, 0.29) is 23.7 Å². The number of carbonyl (C=O) groups is 1. The number of nitrogens with one attached hydrogen (secondary N) is 2. The Morgan fingerprint density at radius 1 is 1.11 bits per heavy atom. The molecular weight excluding hydrogens is 558 g/mol. The van der Waals surface area contributed by atoms with E-state index < -0.39 is 4.92 Å². The summed E-state index contributed by atoms with van der Waals surface area (Å²) in [6.07, 6.45) is 2.78.